The average molecular weight is 364 g/mol. The molecule has 1 aliphatic rings. The number of hydrogen-bond acceptors (Lipinski definition) is 5. The number of hydrogen-bond donors (Lipinski definition) is 2. The molecule has 1 aliphatic heterocycles. The highest BCUT2D eigenvalue weighted by Gasteiger charge is 2.19. The molecule has 0 aliphatic carbocycles. The van der Waals surface area contributed by atoms with Crippen molar-refractivity contribution in [1.29, 1.82) is 0 Å². The highest BCUT2D eigenvalue weighted by molar-refractivity contribution is 7.99. The van der Waals surface area contributed by atoms with Gasteiger partial charge in [-0.25, -0.2) is 4.98 Å². The second kappa shape index (κ2) is 7.05. The van der Waals surface area contributed by atoms with Crippen LogP contribution in [0.15, 0.2) is 70.7 Å². The first-order valence-corrected chi connectivity index (χ1v) is 9.15. The van der Waals surface area contributed by atoms with E-state index < -0.39 is 5.91 Å². The Morgan fingerprint density at radius 1 is 1.00 bits per heavy atom. The molecule has 0 bridgehead atoms. The van der Waals surface area contributed by atoms with Gasteiger partial charge in [0.15, 0.2) is 5.16 Å². The van der Waals surface area contributed by atoms with E-state index >= 15 is 0 Å². The van der Waals surface area contributed by atoms with Gasteiger partial charge in [-0.1, -0.05) is 30.0 Å². The number of nitrogens with zero attached hydrogens (tertiary/aromatic N) is 2. The van der Waals surface area contributed by atoms with E-state index in [1.54, 1.807) is 16.7 Å². The van der Waals surface area contributed by atoms with E-state index in [2.05, 4.69) is 15.6 Å². The summed E-state index contributed by atoms with van der Waals surface area (Å²) in [6.07, 6.45) is 1.35. The molecule has 0 atom stereocenters. The normalized spacial score (nSPS) is 12.5. The third-order valence-electron chi connectivity index (χ3n) is 4.01. The molecular formula is C19H16N4O2S. The van der Waals surface area contributed by atoms with Crippen LogP contribution < -0.4 is 16.2 Å². The van der Waals surface area contributed by atoms with Gasteiger partial charge in [-0.15, -0.1) is 0 Å². The Kier molecular flexibility index (Phi) is 4.45. The van der Waals surface area contributed by atoms with E-state index in [0.717, 1.165) is 17.1 Å². The highest BCUT2D eigenvalue weighted by atomic mass is 32.2. The van der Waals surface area contributed by atoms with E-state index in [4.69, 9.17) is 0 Å². The van der Waals surface area contributed by atoms with Gasteiger partial charge in [0.25, 0.3) is 11.5 Å². The Hall–Kier alpha value is -3.06. The van der Waals surface area contributed by atoms with Crippen LogP contribution in [0.25, 0.3) is 0 Å². The van der Waals surface area contributed by atoms with Gasteiger partial charge < -0.3 is 10.6 Å². The topological polar surface area (TPSA) is 76.0 Å². The fourth-order valence-electron chi connectivity index (χ4n) is 2.70. The number of fused-ring (bicyclic) bond motifs is 1. The fraction of sp³-hybridized carbons (Fsp3) is 0.105. The van der Waals surface area contributed by atoms with Gasteiger partial charge in [0, 0.05) is 35.6 Å². The minimum Gasteiger partial charge on any atom is -0.356 e. The van der Waals surface area contributed by atoms with Gasteiger partial charge >= 0.3 is 0 Å². The molecule has 0 unspecified atom stereocenters. The number of para-hydroxylation sites is 1. The summed E-state index contributed by atoms with van der Waals surface area (Å²) in [6.45, 7) is 0.590. The summed E-state index contributed by atoms with van der Waals surface area (Å²) in [6, 6.07) is 17.1. The largest absolute Gasteiger partial charge is 0.356 e. The Bertz CT molecular complexity index is 1000. The number of rotatable bonds is 4. The fourth-order valence-corrected chi connectivity index (χ4v) is 3.61. The SMILES string of the molecule is O=C(Nc1ccc(Nc2ccccc2)cc1)c1cnc2n(c1=O)CCS2. The number of anilines is 3. The summed E-state index contributed by atoms with van der Waals surface area (Å²) < 4.78 is 1.55. The quantitative estimate of drug-likeness (QED) is 0.695. The molecule has 0 fully saturated rings. The first-order valence-electron chi connectivity index (χ1n) is 8.17. The predicted octanol–water partition coefficient (Wildman–Crippen LogP) is 3.34. The van der Waals surface area contributed by atoms with E-state index in [9.17, 15) is 9.59 Å². The summed E-state index contributed by atoms with van der Waals surface area (Å²) in [4.78, 5) is 29.0. The minimum atomic E-state index is -0.446. The number of carbonyl (C=O) groups is 1. The first-order chi connectivity index (χ1) is 12.7. The van der Waals surface area contributed by atoms with Crippen molar-refractivity contribution in [1.82, 2.24) is 9.55 Å². The van der Waals surface area contributed by atoms with Crippen LogP contribution in [0.3, 0.4) is 0 Å². The Morgan fingerprint density at radius 2 is 1.69 bits per heavy atom. The van der Waals surface area contributed by atoms with E-state index in [-0.39, 0.29) is 11.1 Å². The Balaban J connectivity index is 1.48. The standard InChI is InChI=1S/C19H16N4O2S/c24-17(16-12-20-19-23(18(16)25)10-11-26-19)22-15-8-6-14(7-9-15)21-13-4-2-1-3-5-13/h1-9,12,21H,10-11H2,(H,22,24). The molecule has 0 spiro atoms. The summed E-state index contributed by atoms with van der Waals surface area (Å²) in [5, 5.41) is 6.70. The third-order valence-corrected chi connectivity index (χ3v) is 4.98. The van der Waals surface area contributed by atoms with Crippen molar-refractivity contribution < 1.29 is 4.79 Å². The monoisotopic (exact) mass is 364 g/mol. The number of amides is 1. The summed E-state index contributed by atoms with van der Waals surface area (Å²) in [5.41, 5.74) is 2.28. The maximum atomic E-state index is 12.4. The molecular weight excluding hydrogens is 348 g/mol. The molecule has 130 valence electrons. The lowest BCUT2D eigenvalue weighted by Gasteiger charge is -2.09. The number of carbonyl (C=O) groups excluding carboxylic acids is 1. The second-order valence-electron chi connectivity index (χ2n) is 5.78. The molecule has 1 amide bonds. The van der Waals surface area contributed by atoms with Crippen molar-refractivity contribution in [3.8, 4) is 0 Å². The van der Waals surface area contributed by atoms with Gasteiger partial charge in [-0.3, -0.25) is 14.2 Å². The van der Waals surface area contributed by atoms with Crippen molar-refractivity contribution in [3.05, 3.63) is 76.7 Å². The average Bonchev–Trinajstić information content (AvgIpc) is 3.14. The lowest BCUT2D eigenvalue weighted by molar-refractivity contribution is 0.102. The molecule has 2 aromatic carbocycles. The van der Waals surface area contributed by atoms with Crippen molar-refractivity contribution in [2.75, 3.05) is 16.4 Å². The van der Waals surface area contributed by atoms with E-state index in [0.29, 0.717) is 17.4 Å². The second-order valence-corrected chi connectivity index (χ2v) is 6.84. The Labute approximate surface area is 154 Å². The molecule has 7 heteroatoms. The van der Waals surface area contributed by atoms with Crippen LogP contribution in [0.1, 0.15) is 10.4 Å². The van der Waals surface area contributed by atoms with Crippen LogP contribution in [0.5, 0.6) is 0 Å². The molecule has 0 radical (unpaired) electrons. The van der Waals surface area contributed by atoms with Crippen LogP contribution in [-0.2, 0) is 6.54 Å². The molecule has 2 N–H and O–H groups in total. The maximum absolute atomic E-state index is 12.4. The van der Waals surface area contributed by atoms with Crippen LogP contribution in [-0.4, -0.2) is 21.2 Å². The summed E-state index contributed by atoms with van der Waals surface area (Å²) >= 11 is 1.52. The number of aromatic nitrogens is 2. The molecule has 2 heterocycles. The zero-order valence-electron chi connectivity index (χ0n) is 13.8. The number of benzene rings is 2. The predicted molar refractivity (Wildman–Crippen MR) is 103 cm³/mol. The first kappa shape index (κ1) is 16.4. The smallest absolute Gasteiger partial charge is 0.267 e. The van der Waals surface area contributed by atoms with Crippen molar-refractivity contribution in [2.45, 2.75) is 11.7 Å². The van der Waals surface area contributed by atoms with Crippen molar-refractivity contribution in [3.63, 3.8) is 0 Å². The lowest BCUT2D eigenvalue weighted by atomic mass is 10.2. The summed E-state index contributed by atoms with van der Waals surface area (Å²) in [5.74, 6) is 0.363. The summed E-state index contributed by atoms with van der Waals surface area (Å²) in [7, 11) is 0. The van der Waals surface area contributed by atoms with Gasteiger partial charge in [-0.05, 0) is 36.4 Å². The van der Waals surface area contributed by atoms with Crippen molar-refractivity contribution in [2.24, 2.45) is 0 Å². The van der Waals surface area contributed by atoms with Gasteiger partial charge in [0.2, 0.25) is 0 Å². The maximum Gasteiger partial charge on any atom is 0.267 e. The number of thioether (sulfide) groups is 1. The molecule has 26 heavy (non-hydrogen) atoms. The van der Waals surface area contributed by atoms with Crippen molar-refractivity contribution >= 4 is 34.7 Å². The van der Waals surface area contributed by atoms with Crippen LogP contribution in [0.4, 0.5) is 17.1 Å². The lowest BCUT2D eigenvalue weighted by Crippen LogP contribution is -2.29. The Morgan fingerprint density at radius 3 is 2.46 bits per heavy atom. The number of nitrogens with one attached hydrogen (secondary N) is 2. The molecule has 1 aromatic heterocycles. The minimum absolute atomic E-state index is 0.0581. The van der Waals surface area contributed by atoms with Crippen LogP contribution in [0, 0.1) is 0 Å². The van der Waals surface area contributed by atoms with Crippen LogP contribution >= 0.6 is 11.8 Å². The molecule has 0 saturated carbocycles. The molecule has 4 rings (SSSR count). The van der Waals surface area contributed by atoms with Gasteiger partial charge in [0.1, 0.15) is 5.56 Å². The van der Waals surface area contributed by atoms with Gasteiger partial charge in [0.05, 0.1) is 0 Å². The third kappa shape index (κ3) is 3.34. The van der Waals surface area contributed by atoms with E-state index in [1.165, 1.54) is 18.0 Å². The zero-order valence-corrected chi connectivity index (χ0v) is 14.6. The molecule has 3 aromatic rings. The highest BCUT2D eigenvalue weighted by Crippen LogP contribution is 2.21. The molecule has 6 nitrogen and oxygen atoms in total. The zero-order chi connectivity index (χ0) is 17.9. The van der Waals surface area contributed by atoms with E-state index in [1.807, 2.05) is 42.5 Å². The van der Waals surface area contributed by atoms with Gasteiger partial charge in [-0.2, -0.15) is 0 Å². The van der Waals surface area contributed by atoms with Crippen LogP contribution in [0.2, 0.25) is 0 Å². The molecule has 0 saturated heterocycles.